The third-order valence-electron chi connectivity index (χ3n) is 3.83. The molecule has 2 aromatic carbocycles. The quantitative estimate of drug-likeness (QED) is 0.562. The number of hydrogen-bond acceptors (Lipinski definition) is 6. The molecule has 0 spiro atoms. The molecule has 1 aromatic heterocycles. The Balaban J connectivity index is 1.58. The summed E-state index contributed by atoms with van der Waals surface area (Å²) in [5.41, 5.74) is 1.04. The topological polar surface area (TPSA) is 58.1 Å². The second-order valence-corrected chi connectivity index (χ2v) is 8.63. The Hall–Kier alpha value is -2.52. The van der Waals surface area contributed by atoms with Crippen LogP contribution in [-0.4, -0.2) is 33.3 Å². The van der Waals surface area contributed by atoms with Crippen LogP contribution in [-0.2, 0) is 11.3 Å². The first-order chi connectivity index (χ1) is 13.4. The van der Waals surface area contributed by atoms with Gasteiger partial charge in [0.05, 0.1) is 10.9 Å². The van der Waals surface area contributed by atoms with Gasteiger partial charge in [-0.15, -0.1) is 10.2 Å². The van der Waals surface area contributed by atoms with E-state index in [1.165, 1.54) is 41.3 Å². The molecule has 1 heterocycles. The number of nitrogens with zero attached hydrogens (tertiary/aromatic N) is 3. The van der Waals surface area contributed by atoms with Crippen molar-refractivity contribution in [2.45, 2.75) is 23.1 Å². The highest BCUT2D eigenvalue weighted by molar-refractivity contribution is 8.02. The predicted octanol–water partition coefficient (Wildman–Crippen LogP) is 4.70. The number of amides is 1. The zero-order valence-corrected chi connectivity index (χ0v) is 16.9. The monoisotopic (exact) mass is 420 g/mol. The molecule has 3 rings (SSSR count). The van der Waals surface area contributed by atoms with E-state index in [1.54, 1.807) is 49.2 Å². The van der Waals surface area contributed by atoms with Gasteiger partial charge in [0.1, 0.15) is 11.6 Å². The van der Waals surface area contributed by atoms with E-state index >= 15 is 0 Å². The van der Waals surface area contributed by atoms with E-state index in [-0.39, 0.29) is 17.5 Å². The van der Waals surface area contributed by atoms with Gasteiger partial charge in [0, 0.05) is 13.6 Å². The fraction of sp³-hybridized carbons (Fsp3) is 0.211. The number of para-hydroxylation sites is 1. The lowest BCUT2D eigenvalue weighted by molar-refractivity contribution is -0.129. The smallest absolute Gasteiger partial charge is 0.235 e. The minimum Gasteiger partial charge on any atom is -0.340 e. The second-order valence-electron chi connectivity index (χ2n) is 6.06. The highest BCUT2D eigenvalue weighted by Gasteiger charge is 2.21. The second kappa shape index (κ2) is 9.11. The normalized spacial score (nSPS) is 11.9. The van der Waals surface area contributed by atoms with Crippen LogP contribution in [0.1, 0.15) is 12.5 Å². The summed E-state index contributed by atoms with van der Waals surface area (Å²) in [5.74, 6) is -0.813. The molecule has 1 amide bonds. The van der Waals surface area contributed by atoms with Crippen LogP contribution in [0.25, 0.3) is 0 Å². The van der Waals surface area contributed by atoms with Crippen molar-refractivity contribution in [1.29, 1.82) is 0 Å². The van der Waals surface area contributed by atoms with Crippen molar-refractivity contribution in [3.63, 3.8) is 0 Å². The Kier molecular flexibility index (Phi) is 6.58. The molecule has 3 aromatic rings. The molecule has 0 radical (unpaired) electrons. The molecule has 0 fully saturated rings. The van der Waals surface area contributed by atoms with Crippen molar-refractivity contribution in [2.24, 2.45) is 0 Å². The number of anilines is 2. The molecule has 0 aliphatic carbocycles. The minimum absolute atomic E-state index is 0.104. The molecule has 0 aliphatic heterocycles. The molecule has 1 atom stereocenters. The molecular formula is C19H18F2N4OS2. The first-order valence-electron chi connectivity index (χ1n) is 8.43. The molecule has 0 aliphatic rings. The lowest BCUT2D eigenvalue weighted by Gasteiger charge is -2.20. The molecule has 0 saturated carbocycles. The third-order valence-corrected chi connectivity index (χ3v) is 5.84. The predicted molar refractivity (Wildman–Crippen MR) is 108 cm³/mol. The van der Waals surface area contributed by atoms with Crippen LogP contribution in [0.2, 0.25) is 0 Å². The number of carbonyl (C=O) groups is 1. The SMILES string of the molecule is C[C@H](Sc1nnc(Nc2ccccc2F)s1)C(=O)N(C)Cc1cccc(F)c1. The van der Waals surface area contributed by atoms with E-state index < -0.39 is 5.25 Å². The van der Waals surface area contributed by atoms with E-state index in [4.69, 9.17) is 0 Å². The van der Waals surface area contributed by atoms with E-state index in [0.29, 0.717) is 21.7 Å². The summed E-state index contributed by atoms with van der Waals surface area (Å²) in [6, 6.07) is 12.5. The van der Waals surface area contributed by atoms with Gasteiger partial charge >= 0.3 is 0 Å². The summed E-state index contributed by atoms with van der Waals surface area (Å²) >= 11 is 2.52. The number of benzene rings is 2. The molecule has 0 bridgehead atoms. The summed E-state index contributed by atoms with van der Waals surface area (Å²) in [7, 11) is 1.68. The van der Waals surface area contributed by atoms with Crippen molar-refractivity contribution in [3.8, 4) is 0 Å². The number of thioether (sulfide) groups is 1. The Morgan fingerprint density at radius 2 is 2.00 bits per heavy atom. The van der Waals surface area contributed by atoms with E-state index in [1.807, 2.05) is 0 Å². The Labute approximate surface area is 169 Å². The Morgan fingerprint density at radius 3 is 2.75 bits per heavy atom. The molecule has 1 N–H and O–H groups in total. The lowest BCUT2D eigenvalue weighted by Crippen LogP contribution is -2.32. The van der Waals surface area contributed by atoms with Crippen molar-refractivity contribution in [1.82, 2.24) is 15.1 Å². The van der Waals surface area contributed by atoms with Gasteiger partial charge in [-0.3, -0.25) is 4.79 Å². The number of rotatable bonds is 7. The summed E-state index contributed by atoms with van der Waals surface area (Å²) in [6.07, 6.45) is 0. The lowest BCUT2D eigenvalue weighted by atomic mass is 10.2. The van der Waals surface area contributed by atoms with Gasteiger partial charge in [-0.05, 0) is 36.8 Å². The molecule has 0 unspecified atom stereocenters. The average molecular weight is 421 g/mol. The fourth-order valence-corrected chi connectivity index (χ4v) is 4.51. The zero-order chi connectivity index (χ0) is 20.1. The van der Waals surface area contributed by atoms with E-state index in [9.17, 15) is 13.6 Å². The summed E-state index contributed by atoms with van der Waals surface area (Å²) in [4.78, 5) is 14.1. The first kappa shape index (κ1) is 20.2. The summed E-state index contributed by atoms with van der Waals surface area (Å²) < 4.78 is 27.6. The number of carbonyl (C=O) groups excluding carboxylic acids is 1. The maximum Gasteiger partial charge on any atom is 0.235 e. The standard InChI is InChI=1S/C19H18F2N4OS2/c1-12(17(26)25(2)11-13-6-5-7-14(20)10-13)27-19-24-23-18(28-19)22-16-9-4-3-8-15(16)21/h3-10,12H,11H2,1-2H3,(H,22,23)/t12-/m0/s1. The largest absolute Gasteiger partial charge is 0.340 e. The van der Waals surface area contributed by atoms with Gasteiger partial charge in [0.2, 0.25) is 11.0 Å². The van der Waals surface area contributed by atoms with Crippen LogP contribution in [0.4, 0.5) is 19.6 Å². The van der Waals surface area contributed by atoms with Crippen LogP contribution in [0.5, 0.6) is 0 Å². The van der Waals surface area contributed by atoms with Crippen LogP contribution < -0.4 is 5.32 Å². The zero-order valence-electron chi connectivity index (χ0n) is 15.2. The number of aromatic nitrogens is 2. The Morgan fingerprint density at radius 1 is 1.21 bits per heavy atom. The third kappa shape index (κ3) is 5.26. The van der Waals surface area contributed by atoms with Gasteiger partial charge < -0.3 is 10.2 Å². The van der Waals surface area contributed by atoms with Crippen LogP contribution in [0.15, 0.2) is 52.9 Å². The van der Waals surface area contributed by atoms with Gasteiger partial charge in [-0.1, -0.05) is 47.4 Å². The van der Waals surface area contributed by atoms with Crippen molar-refractivity contribution in [3.05, 3.63) is 65.7 Å². The van der Waals surface area contributed by atoms with Crippen LogP contribution >= 0.6 is 23.1 Å². The number of nitrogens with one attached hydrogen (secondary N) is 1. The summed E-state index contributed by atoms with van der Waals surface area (Å²) in [6.45, 7) is 2.10. The molecular weight excluding hydrogens is 402 g/mol. The maximum atomic E-state index is 13.7. The van der Waals surface area contributed by atoms with Gasteiger partial charge in [0.15, 0.2) is 4.34 Å². The highest BCUT2D eigenvalue weighted by Crippen LogP contribution is 2.31. The molecule has 28 heavy (non-hydrogen) atoms. The maximum absolute atomic E-state index is 13.7. The van der Waals surface area contributed by atoms with Crippen molar-refractivity contribution in [2.75, 3.05) is 12.4 Å². The molecule has 0 saturated heterocycles. The van der Waals surface area contributed by atoms with Gasteiger partial charge in [0.25, 0.3) is 0 Å². The summed E-state index contributed by atoms with van der Waals surface area (Å²) in [5, 5.41) is 11.0. The molecule has 146 valence electrons. The minimum atomic E-state index is -0.396. The fourth-order valence-electron chi connectivity index (χ4n) is 2.48. The average Bonchev–Trinajstić information content (AvgIpc) is 3.09. The van der Waals surface area contributed by atoms with Crippen LogP contribution in [0, 0.1) is 11.6 Å². The first-order valence-corrected chi connectivity index (χ1v) is 10.1. The Bertz CT molecular complexity index is 966. The molecule has 9 heteroatoms. The number of halogens is 2. The molecule has 5 nitrogen and oxygen atoms in total. The number of hydrogen-bond donors (Lipinski definition) is 1. The van der Waals surface area contributed by atoms with E-state index in [2.05, 4.69) is 15.5 Å². The van der Waals surface area contributed by atoms with E-state index in [0.717, 1.165) is 5.56 Å². The van der Waals surface area contributed by atoms with Gasteiger partial charge in [-0.2, -0.15) is 0 Å². The highest BCUT2D eigenvalue weighted by atomic mass is 32.2. The van der Waals surface area contributed by atoms with Crippen LogP contribution in [0.3, 0.4) is 0 Å². The van der Waals surface area contributed by atoms with Gasteiger partial charge in [-0.25, -0.2) is 8.78 Å². The van der Waals surface area contributed by atoms with Crippen molar-refractivity contribution >= 4 is 39.8 Å². The van der Waals surface area contributed by atoms with Crippen molar-refractivity contribution < 1.29 is 13.6 Å².